The fourth-order valence-corrected chi connectivity index (χ4v) is 7.15. The number of piperidine rings is 1. The lowest BCUT2D eigenvalue weighted by Gasteiger charge is -2.58. The summed E-state index contributed by atoms with van der Waals surface area (Å²) in [5.41, 5.74) is 11.0. The maximum Gasteiger partial charge on any atom is 0.410 e. The minimum Gasteiger partial charge on any atom is -0.491 e. The van der Waals surface area contributed by atoms with Crippen molar-refractivity contribution < 1.29 is 14.3 Å². The normalized spacial score (nSPS) is 25.3. The number of halogens is 1. The number of anilines is 1. The molecule has 1 saturated carbocycles. The molecule has 6 heteroatoms. The van der Waals surface area contributed by atoms with Gasteiger partial charge in [0.1, 0.15) is 12.4 Å². The van der Waals surface area contributed by atoms with E-state index in [-0.39, 0.29) is 17.6 Å². The molecule has 34 heavy (non-hydrogen) atoms. The first-order chi connectivity index (χ1) is 16.5. The van der Waals surface area contributed by atoms with E-state index in [4.69, 9.17) is 15.2 Å². The summed E-state index contributed by atoms with van der Waals surface area (Å²) in [7, 11) is 0. The molecular weight excluding hydrogens is 492 g/mol. The number of benzene rings is 2. The molecule has 0 spiro atoms. The average Bonchev–Trinajstić information content (AvgIpc) is 2.86. The van der Waals surface area contributed by atoms with E-state index in [0.29, 0.717) is 24.8 Å². The third kappa shape index (κ3) is 4.08. The second-order valence-corrected chi connectivity index (χ2v) is 10.9. The topological polar surface area (TPSA) is 64.8 Å². The molecule has 2 N–H and O–H groups in total. The van der Waals surface area contributed by atoms with Gasteiger partial charge in [-0.2, -0.15) is 0 Å². The number of amides is 1. The number of carbonyl (C=O) groups is 1. The molecule has 2 fully saturated rings. The molecule has 5 rings (SSSR count). The zero-order valence-electron chi connectivity index (χ0n) is 20.0. The number of hydrogen-bond acceptors (Lipinski definition) is 4. The van der Waals surface area contributed by atoms with Gasteiger partial charge in [-0.15, -0.1) is 0 Å². The summed E-state index contributed by atoms with van der Waals surface area (Å²) in [6, 6.07) is 12.3. The van der Waals surface area contributed by atoms with Crippen molar-refractivity contribution in [3.63, 3.8) is 0 Å². The fourth-order valence-electron chi connectivity index (χ4n) is 6.57. The number of likely N-dealkylation sites (tertiary alicyclic amines) is 1. The number of fused-ring (bicyclic) bond motifs is 1. The Kier molecular flexibility index (Phi) is 6.79. The molecule has 1 aliphatic heterocycles. The van der Waals surface area contributed by atoms with Crippen LogP contribution in [-0.4, -0.2) is 30.2 Å². The van der Waals surface area contributed by atoms with Gasteiger partial charge >= 0.3 is 6.09 Å². The molecule has 1 amide bonds. The van der Waals surface area contributed by atoms with Gasteiger partial charge < -0.3 is 20.1 Å². The highest BCUT2D eigenvalue weighted by Crippen LogP contribution is 2.58. The van der Waals surface area contributed by atoms with E-state index in [1.807, 2.05) is 35.2 Å². The highest BCUT2D eigenvalue weighted by Gasteiger charge is 2.55. The second-order valence-electron chi connectivity index (χ2n) is 10.1. The van der Waals surface area contributed by atoms with Gasteiger partial charge in [0.25, 0.3) is 0 Å². The van der Waals surface area contributed by atoms with Crippen molar-refractivity contribution in [2.24, 2.45) is 5.92 Å². The van der Waals surface area contributed by atoms with E-state index in [1.54, 1.807) is 0 Å². The lowest BCUT2D eigenvalue weighted by Crippen LogP contribution is -2.62. The van der Waals surface area contributed by atoms with Crippen molar-refractivity contribution in [1.82, 2.24) is 4.90 Å². The number of nitrogens with zero attached hydrogens (tertiary/aromatic N) is 1. The maximum absolute atomic E-state index is 13.3. The molecular formula is C28H35BrN2O3. The maximum atomic E-state index is 13.3. The first kappa shape index (κ1) is 23.5. The summed E-state index contributed by atoms with van der Waals surface area (Å²) in [5, 5.41) is 0. The van der Waals surface area contributed by atoms with Crippen molar-refractivity contribution in [2.75, 3.05) is 18.9 Å². The predicted octanol–water partition coefficient (Wildman–Crippen LogP) is 6.61. The molecule has 2 bridgehead atoms. The smallest absolute Gasteiger partial charge is 0.410 e. The molecule has 2 aliphatic carbocycles. The summed E-state index contributed by atoms with van der Waals surface area (Å²) >= 11 is 3.83. The Morgan fingerprint density at radius 1 is 1.24 bits per heavy atom. The van der Waals surface area contributed by atoms with Crippen LogP contribution in [0.4, 0.5) is 10.5 Å². The quantitative estimate of drug-likeness (QED) is 0.339. The van der Waals surface area contributed by atoms with Gasteiger partial charge in [-0.05, 0) is 76.7 Å². The second kappa shape index (κ2) is 9.80. The minimum atomic E-state index is -0.194. The van der Waals surface area contributed by atoms with Crippen LogP contribution in [0.1, 0.15) is 68.6 Å². The van der Waals surface area contributed by atoms with Gasteiger partial charge in [-0.1, -0.05) is 56.5 Å². The summed E-state index contributed by atoms with van der Waals surface area (Å²) in [6.07, 6.45) is 8.46. The van der Waals surface area contributed by atoms with Crippen molar-refractivity contribution in [3.05, 3.63) is 57.6 Å². The number of ether oxygens (including phenoxy) is 2. The Morgan fingerprint density at radius 2 is 2.06 bits per heavy atom. The first-order valence-corrected chi connectivity index (χ1v) is 13.6. The molecule has 0 aromatic heterocycles. The SMILES string of the molecule is CCCCOc1cc2c(c(Br)c1N)C[C@H]1C3CCCC[C@@]23CCN1C(=O)OCc1ccccc1. The van der Waals surface area contributed by atoms with Gasteiger partial charge in [0.2, 0.25) is 0 Å². The van der Waals surface area contributed by atoms with Crippen LogP contribution >= 0.6 is 15.9 Å². The standard InChI is InChI=1S/C28H35BrN2O3/c1-2-3-15-33-24-17-22-20(25(29)26(24)30)16-23-21-11-7-8-12-28(21,22)13-14-31(23)27(32)34-18-19-9-5-4-6-10-19/h4-6,9-10,17,21,23H,2-3,7-8,11-16,18,30H2,1H3/t21?,23-,28-/m0/s1. The van der Waals surface area contributed by atoms with Crippen LogP contribution < -0.4 is 10.5 Å². The van der Waals surface area contributed by atoms with Crippen molar-refractivity contribution in [3.8, 4) is 5.75 Å². The van der Waals surface area contributed by atoms with E-state index in [2.05, 4.69) is 28.9 Å². The van der Waals surface area contributed by atoms with Crippen molar-refractivity contribution >= 4 is 27.7 Å². The van der Waals surface area contributed by atoms with E-state index in [1.165, 1.54) is 30.4 Å². The van der Waals surface area contributed by atoms with Crippen LogP contribution in [0.2, 0.25) is 0 Å². The Balaban J connectivity index is 1.45. The molecule has 3 aliphatic rings. The highest BCUT2D eigenvalue weighted by molar-refractivity contribution is 9.10. The zero-order chi connectivity index (χ0) is 23.7. The number of nitrogen functional groups attached to an aromatic ring is 1. The number of rotatable bonds is 6. The van der Waals surface area contributed by atoms with E-state index in [9.17, 15) is 4.79 Å². The molecule has 1 unspecified atom stereocenters. The molecule has 2 aromatic rings. The zero-order valence-corrected chi connectivity index (χ0v) is 21.6. The van der Waals surface area contributed by atoms with Gasteiger partial charge in [-0.25, -0.2) is 4.79 Å². The summed E-state index contributed by atoms with van der Waals surface area (Å²) in [4.78, 5) is 15.3. The number of nitrogens with two attached hydrogens (primary N) is 1. The van der Waals surface area contributed by atoms with Crippen LogP contribution in [0.15, 0.2) is 40.9 Å². The van der Waals surface area contributed by atoms with Crippen molar-refractivity contribution in [2.45, 2.75) is 76.4 Å². The van der Waals surface area contributed by atoms with E-state index in [0.717, 1.165) is 54.4 Å². The summed E-state index contributed by atoms with van der Waals surface area (Å²) < 4.78 is 12.9. The minimum absolute atomic E-state index is 0.0891. The molecule has 182 valence electrons. The number of hydrogen-bond donors (Lipinski definition) is 1. The van der Waals surface area contributed by atoms with Crippen molar-refractivity contribution in [1.29, 1.82) is 0 Å². The molecule has 1 saturated heterocycles. The van der Waals surface area contributed by atoms with Gasteiger partial charge in [0.15, 0.2) is 0 Å². The third-order valence-electron chi connectivity index (χ3n) is 8.27. The van der Waals surface area contributed by atoms with Crippen LogP contribution in [0, 0.1) is 5.92 Å². The molecule has 2 aromatic carbocycles. The summed E-state index contributed by atoms with van der Waals surface area (Å²) in [6.45, 7) is 3.90. The average molecular weight is 528 g/mol. The first-order valence-electron chi connectivity index (χ1n) is 12.8. The predicted molar refractivity (Wildman–Crippen MR) is 138 cm³/mol. The third-order valence-corrected chi connectivity index (χ3v) is 9.18. The molecule has 0 radical (unpaired) electrons. The lowest BCUT2D eigenvalue weighted by atomic mass is 9.52. The lowest BCUT2D eigenvalue weighted by molar-refractivity contribution is -0.0138. The largest absolute Gasteiger partial charge is 0.491 e. The highest BCUT2D eigenvalue weighted by atomic mass is 79.9. The van der Waals surface area contributed by atoms with Gasteiger partial charge in [0.05, 0.1) is 12.3 Å². The van der Waals surface area contributed by atoms with Crippen LogP contribution in [0.5, 0.6) is 5.75 Å². The number of carbonyl (C=O) groups excluding carboxylic acids is 1. The fraction of sp³-hybridized carbons (Fsp3) is 0.536. The van der Waals surface area contributed by atoms with E-state index >= 15 is 0 Å². The molecule has 3 atom stereocenters. The molecule has 1 heterocycles. The van der Waals surface area contributed by atoms with Gasteiger partial charge in [0, 0.05) is 22.5 Å². The summed E-state index contributed by atoms with van der Waals surface area (Å²) in [5.74, 6) is 1.26. The van der Waals surface area contributed by atoms with Crippen LogP contribution in [0.25, 0.3) is 0 Å². The Labute approximate surface area is 211 Å². The van der Waals surface area contributed by atoms with E-state index < -0.39 is 0 Å². The van der Waals surface area contributed by atoms with Gasteiger partial charge in [-0.3, -0.25) is 0 Å². The monoisotopic (exact) mass is 526 g/mol. The number of unbranched alkanes of at least 4 members (excludes halogenated alkanes) is 1. The Morgan fingerprint density at radius 3 is 2.85 bits per heavy atom. The Hall–Kier alpha value is -2.21. The Bertz CT molecular complexity index is 1040. The van der Waals surface area contributed by atoms with Crippen LogP contribution in [0.3, 0.4) is 0 Å². The van der Waals surface area contributed by atoms with Crippen LogP contribution in [-0.2, 0) is 23.2 Å². The molecule has 5 nitrogen and oxygen atoms in total.